The summed E-state index contributed by atoms with van der Waals surface area (Å²) >= 11 is 0. The van der Waals surface area contributed by atoms with Crippen molar-refractivity contribution in [1.82, 2.24) is 14.9 Å². The number of hydrogen-bond acceptors (Lipinski definition) is 6. The molecular weight excluding hydrogens is 354 g/mol. The van der Waals surface area contributed by atoms with Crippen LogP contribution in [-0.2, 0) is 0 Å². The first-order valence-electron chi connectivity index (χ1n) is 9.15. The minimum absolute atomic E-state index is 0.0533. The smallest absolute Gasteiger partial charge is 0.253 e. The van der Waals surface area contributed by atoms with Crippen LogP contribution in [0.4, 0.5) is 11.5 Å². The van der Waals surface area contributed by atoms with Crippen LogP contribution in [0, 0.1) is 0 Å². The van der Waals surface area contributed by atoms with Gasteiger partial charge in [0.15, 0.2) is 0 Å². The number of amides is 1. The van der Waals surface area contributed by atoms with E-state index in [1.165, 1.54) is 6.33 Å². The van der Waals surface area contributed by atoms with E-state index in [9.17, 15) is 4.79 Å². The SMILES string of the molecule is Nc1cccc(Oc2ncnc(N)c2-c2ccc(C(=O)N3CCCC3)cc2)c1. The number of aromatic nitrogens is 2. The second-order valence-corrected chi connectivity index (χ2v) is 6.69. The van der Waals surface area contributed by atoms with E-state index in [0.717, 1.165) is 31.5 Å². The molecule has 0 atom stereocenters. The average molecular weight is 375 g/mol. The Hall–Kier alpha value is -3.61. The highest BCUT2D eigenvalue weighted by molar-refractivity contribution is 5.95. The van der Waals surface area contributed by atoms with Crippen LogP contribution >= 0.6 is 0 Å². The van der Waals surface area contributed by atoms with Crippen molar-refractivity contribution in [2.24, 2.45) is 0 Å². The fourth-order valence-electron chi connectivity index (χ4n) is 3.30. The highest BCUT2D eigenvalue weighted by Gasteiger charge is 2.20. The van der Waals surface area contributed by atoms with Gasteiger partial charge in [-0.1, -0.05) is 18.2 Å². The van der Waals surface area contributed by atoms with E-state index >= 15 is 0 Å². The van der Waals surface area contributed by atoms with Crippen molar-refractivity contribution in [2.75, 3.05) is 24.6 Å². The Morgan fingerprint density at radius 2 is 1.75 bits per heavy atom. The Bertz CT molecular complexity index is 998. The normalized spacial score (nSPS) is 13.5. The number of carbonyl (C=O) groups is 1. The molecule has 0 unspecified atom stereocenters. The third-order valence-corrected chi connectivity index (χ3v) is 4.73. The summed E-state index contributed by atoms with van der Waals surface area (Å²) in [5.41, 5.74) is 14.5. The van der Waals surface area contributed by atoms with Crippen LogP contribution in [0.1, 0.15) is 23.2 Å². The lowest BCUT2D eigenvalue weighted by Crippen LogP contribution is -2.27. The summed E-state index contributed by atoms with van der Waals surface area (Å²) in [7, 11) is 0. The van der Waals surface area contributed by atoms with Gasteiger partial charge in [-0.2, -0.15) is 0 Å². The predicted molar refractivity (Wildman–Crippen MR) is 108 cm³/mol. The highest BCUT2D eigenvalue weighted by atomic mass is 16.5. The van der Waals surface area contributed by atoms with Crippen molar-refractivity contribution in [3.8, 4) is 22.8 Å². The van der Waals surface area contributed by atoms with Gasteiger partial charge >= 0.3 is 0 Å². The first-order valence-corrected chi connectivity index (χ1v) is 9.15. The molecule has 2 aromatic carbocycles. The Morgan fingerprint density at radius 3 is 2.46 bits per heavy atom. The molecule has 1 aliphatic heterocycles. The number of nitrogen functional groups attached to an aromatic ring is 2. The molecule has 0 radical (unpaired) electrons. The Kier molecular flexibility index (Phi) is 4.80. The number of hydrogen-bond donors (Lipinski definition) is 2. The van der Waals surface area contributed by atoms with Gasteiger partial charge < -0.3 is 21.1 Å². The summed E-state index contributed by atoms with van der Waals surface area (Å²) in [4.78, 5) is 22.7. The van der Waals surface area contributed by atoms with Crippen molar-refractivity contribution in [3.05, 3.63) is 60.4 Å². The molecule has 1 aromatic heterocycles. The van der Waals surface area contributed by atoms with Gasteiger partial charge in [-0.05, 0) is 42.7 Å². The maximum absolute atomic E-state index is 12.5. The van der Waals surface area contributed by atoms with Crippen molar-refractivity contribution in [3.63, 3.8) is 0 Å². The van der Waals surface area contributed by atoms with Crippen LogP contribution in [-0.4, -0.2) is 33.9 Å². The molecule has 7 heteroatoms. The quantitative estimate of drug-likeness (QED) is 0.677. The Morgan fingerprint density at radius 1 is 1.00 bits per heavy atom. The van der Waals surface area contributed by atoms with Crippen molar-refractivity contribution >= 4 is 17.4 Å². The minimum Gasteiger partial charge on any atom is -0.438 e. The van der Waals surface area contributed by atoms with Crippen LogP contribution in [0.25, 0.3) is 11.1 Å². The summed E-state index contributed by atoms with van der Waals surface area (Å²) in [5, 5.41) is 0. The molecule has 28 heavy (non-hydrogen) atoms. The van der Waals surface area contributed by atoms with Gasteiger partial charge in [0.25, 0.3) is 5.91 Å². The molecular formula is C21H21N5O2. The van der Waals surface area contributed by atoms with Crippen molar-refractivity contribution in [1.29, 1.82) is 0 Å². The van der Waals surface area contributed by atoms with Gasteiger partial charge in [-0.25, -0.2) is 9.97 Å². The molecule has 1 aliphatic rings. The monoisotopic (exact) mass is 375 g/mol. The van der Waals surface area contributed by atoms with Crippen LogP contribution in [0.5, 0.6) is 11.6 Å². The van der Waals surface area contributed by atoms with Crippen LogP contribution < -0.4 is 16.2 Å². The predicted octanol–water partition coefficient (Wildman–Crippen LogP) is 3.34. The van der Waals surface area contributed by atoms with Gasteiger partial charge in [0.2, 0.25) is 5.88 Å². The van der Waals surface area contributed by atoms with E-state index < -0.39 is 0 Å². The fraction of sp³-hybridized carbons (Fsp3) is 0.190. The van der Waals surface area contributed by atoms with Crippen LogP contribution in [0.15, 0.2) is 54.9 Å². The lowest BCUT2D eigenvalue weighted by molar-refractivity contribution is 0.0793. The molecule has 0 aliphatic carbocycles. The minimum atomic E-state index is 0.0533. The van der Waals surface area contributed by atoms with Gasteiger partial charge in [-0.15, -0.1) is 0 Å². The molecule has 1 saturated heterocycles. The zero-order chi connectivity index (χ0) is 19.5. The van der Waals surface area contributed by atoms with E-state index in [1.54, 1.807) is 36.4 Å². The van der Waals surface area contributed by atoms with Crippen LogP contribution in [0.2, 0.25) is 0 Å². The fourth-order valence-corrected chi connectivity index (χ4v) is 3.30. The van der Waals surface area contributed by atoms with E-state index in [-0.39, 0.29) is 5.91 Å². The second-order valence-electron chi connectivity index (χ2n) is 6.69. The standard InChI is InChI=1S/C21H21N5O2/c22-16-4-3-5-17(12-16)28-20-18(19(23)24-13-25-20)14-6-8-15(9-7-14)21(27)26-10-1-2-11-26/h3-9,12-13H,1-2,10-11,22H2,(H2,23,24,25). The number of rotatable bonds is 4. The zero-order valence-electron chi connectivity index (χ0n) is 15.3. The summed E-state index contributed by atoms with van der Waals surface area (Å²) in [6.45, 7) is 1.64. The number of ether oxygens (including phenoxy) is 1. The summed E-state index contributed by atoms with van der Waals surface area (Å²) < 4.78 is 5.90. The molecule has 4 rings (SSSR count). The maximum atomic E-state index is 12.5. The van der Waals surface area contributed by atoms with Gasteiger partial charge in [-0.3, -0.25) is 4.79 Å². The van der Waals surface area contributed by atoms with E-state index in [1.807, 2.05) is 17.0 Å². The first-order chi connectivity index (χ1) is 13.6. The molecule has 3 aromatic rings. The summed E-state index contributed by atoms with van der Waals surface area (Å²) in [6, 6.07) is 14.3. The number of benzene rings is 2. The molecule has 0 saturated carbocycles. The first kappa shape index (κ1) is 17.8. The molecule has 2 heterocycles. The van der Waals surface area contributed by atoms with E-state index in [0.29, 0.717) is 34.3 Å². The lowest BCUT2D eigenvalue weighted by Gasteiger charge is -2.16. The van der Waals surface area contributed by atoms with Crippen molar-refractivity contribution < 1.29 is 9.53 Å². The third kappa shape index (κ3) is 3.59. The molecule has 0 spiro atoms. The number of nitrogens with zero attached hydrogens (tertiary/aromatic N) is 3. The largest absolute Gasteiger partial charge is 0.438 e. The number of likely N-dealkylation sites (tertiary alicyclic amines) is 1. The Labute approximate surface area is 163 Å². The Balaban J connectivity index is 1.64. The molecule has 7 nitrogen and oxygen atoms in total. The van der Waals surface area contributed by atoms with Crippen LogP contribution in [0.3, 0.4) is 0 Å². The maximum Gasteiger partial charge on any atom is 0.253 e. The summed E-state index contributed by atoms with van der Waals surface area (Å²) in [5.74, 6) is 1.24. The van der Waals surface area contributed by atoms with Crippen molar-refractivity contribution in [2.45, 2.75) is 12.8 Å². The van der Waals surface area contributed by atoms with Gasteiger partial charge in [0, 0.05) is 30.4 Å². The van der Waals surface area contributed by atoms with Gasteiger partial charge in [0.1, 0.15) is 17.9 Å². The molecule has 0 bridgehead atoms. The number of nitrogens with two attached hydrogens (primary N) is 2. The average Bonchev–Trinajstić information content (AvgIpc) is 3.23. The number of anilines is 2. The lowest BCUT2D eigenvalue weighted by atomic mass is 10.0. The number of carbonyl (C=O) groups excluding carboxylic acids is 1. The molecule has 4 N–H and O–H groups in total. The van der Waals surface area contributed by atoms with E-state index in [4.69, 9.17) is 16.2 Å². The highest BCUT2D eigenvalue weighted by Crippen LogP contribution is 2.35. The molecule has 1 fully saturated rings. The second kappa shape index (κ2) is 7.56. The third-order valence-electron chi connectivity index (χ3n) is 4.73. The topological polar surface area (TPSA) is 107 Å². The summed E-state index contributed by atoms with van der Waals surface area (Å²) in [6.07, 6.45) is 3.48. The molecule has 142 valence electrons. The molecule has 1 amide bonds. The van der Waals surface area contributed by atoms with E-state index in [2.05, 4.69) is 9.97 Å². The zero-order valence-corrected chi connectivity index (χ0v) is 15.3. The van der Waals surface area contributed by atoms with Gasteiger partial charge in [0.05, 0.1) is 5.56 Å².